The summed E-state index contributed by atoms with van der Waals surface area (Å²) in [6.07, 6.45) is -2.90. The number of amidine groups is 1. The van der Waals surface area contributed by atoms with Crippen molar-refractivity contribution in [3.63, 3.8) is 0 Å². The number of thioether (sulfide) groups is 1. The van der Waals surface area contributed by atoms with Crippen LogP contribution in [0.3, 0.4) is 0 Å². The first-order valence-electron chi connectivity index (χ1n) is 9.72. The number of nitrogens with one attached hydrogen (secondary N) is 1. The Hall–Kier alpha value is -3.23. The molecule has 1 fully saturated rings. The molecule has 9 heteroatoms. The number of carbonyl (C=O) groups excluding carboxylic acids is 1. The highest BCUT2D eigenvalue weighted by Crippen LogP contribution is 2.37. The molecule has 0 aliphatic carbocycles. The zero-order valence-corrected chi connectivity index (χ0v) is 18.5. The van der Waals surface area contributed by atoms with Crippen LogP contribution in [0.15, 0.2) is 82.7 Å². The molecule has 0 spiro atoms. The Morgan fingerprint density at radius 1 is 1.00 bits per heavy atom. The van der Waals surface area contributed by atoms with Gasteiger partial charge in [-0.25, -0.2) is 4.99 Å². The number of benzene rings is 3. The van der Waals surface area contributed by atoms with Gasteiger partial charge in [0.25, 0.3) is 5.91 Å². The van der Waals surface area contributed by atoms with E-state index in [1.807, 2.05) is 18.2 Å². The Morgan fingerprint density at radius 3 is 2.42 bits per heavy atom. The molecule has 1 heterocycles. The lowest BCUT2D eigenvalue weighted by Gasteiger charge is -2.09. The summed E-state index contributed by atoms with van der Waals surface area (Å²) in [5, 5.41) is 3.22. The number of carbonyl (C=O) groups is 1. The lowest BCUT2D eigenvalue weighted by atomic mass is 10.2. The van der Waals surface area contributed by atoms with Crippen LogP contribution in [0.5, 0.6) is 5.75 Å². The van der Waals surface area contributed by atoms with Gasteiger partial charge in [0.05, 0.1) is 16.2 Å². The molecule has 4 nitrogen and oxygen atoms in total. The number of amides is 1. The number of hydrogen-bond donors (Lipinski definition) is 1. The second kappa shape index (κ2) is 9.72. The fourth-order valence-corrected chi connectivity index (χ4v) is 4.01. The predicted octanol–water partition coefficient (Wildman–Crippen LogP) is 6.83. The molecule has 0 aromatic heterocycles. The Labute approximate surface area is 197 Å². The summed E-state index contributed by atoms with van der Waals surface area (Å²) >= 11 is 7.10. The first kappa shape index (κ1) is 22.9. The first-order chi connectivity index (χ1) is 15.8. The van der Waals surface area contributed by atoms with E-state index in [4.69, 9.17) is 16.3 Å². The molecular formula is C24H16ClF3N2O2S. The second-order valence-corrected chi connectivity index (χ2v) is 8.38. The van der Waals surface area contributed by atoms with Crippen LogP contribution in [0.2, 0.25) is 5.02 Å². The fourth-order valence-electron chi connectivity index (χ4n) is 2.99. The van der Waals surface area contributed by atoms with Crippen LogP contribution in [0, 0.1) is 0 Å². The maximum Gasteiger partial charge on any atom is 0.418 e. The van der Waals surface area contributed by atoms with Crippen LogP contribution < -0.4 is 10.1 Å². The molecule has 4 rings (SSSR count). The van der Waals surface area contributed by atoms with Gasteiger partial charge in [-0.05, 0) is 53.7 Å². The summed E-state index contributed by atoms with van der Waals surface area (Å²) in [5.41, 5.74) is 0.476. The van der Waals surface area contributed by atoms with E-state index in [0.29, 0.717) is 22.3 Å². The van der Waals surface area contributed by atoms with Crippen molar-refractivity contribution in [3.05, 3.63) is 99.4 Å². The van der Waals surface area contributed by atoms with E-state index in [2.05, 4.69) is 10.3 Å². The van der Waals surface area contributed by atoms with Crippen LogP contribution in [0.1, 0.15) is 16.7 Å². The molecular weight excluding hydrogens is 473 g/mol. The Kier molecular flexibility index (Phi) is 6.76. The lowest BCUT2D eigenvalue weighted by molar-refractivity contribution is -0.137. The third-order valence-electron chi connectivity index (χ3n) is 4.61. The minimum Gasteiger partial charge on any atom is -0.489 e. The zero-order chi connectivity index (χ0) is 23.4. The Balaban J connectivity index is 1.45. The summed E-state index contributed by atoms with van der Waals surface area (Å²) < 4.78 is 45.3. The van der Waals surface area contributed by atoms with E-state index in [9.17, 15) is 18.0 Å². The third kappa shape index (κ3) is 5.77. The van der Waals surface area contributed by atoms with E-state index >= 15 is 0 Å². The van der Waals surface area contributed by atoms with Gasteiger partial charge in [-0.15, -0.1) is 0 Å². The van der Waals surface area contributed by atoms with Gasteiger partial charge in [0.2, 0.25) is 0 Å². The molecule has 1 aliphatic heterocycles. The van der Waals surface area contributed by atoms with E-state index in [1.54, 1.807) is 36.4 Å². The number of para-hydroxylation sites is 1. The molecule has 1 N–H and O–H groups in total. The van der Waals surface area contributed by atoms with Crippen LogP contribution in [0.25, 0.3) is 6.08 Å². The number of ether oxygens (including phenoxy) is 1. The summed E-state index contributed by atoms with van der Waals surface area (Å²) in [4.78, 5) is 16.6. The second-order valence-electron chi connectivity index (χ2n) is 6.95. The van der Waals surface area contributed by atoms with Gasteiger partial charge in [-0.3, -0.25) is 4.79 Å². The van der Waals surface area contributed by atoms with E-state index in [0.717, 1.165) is 29.0 Å². The Bertz CT molecular complexity index is 1240. The molecule has 1 amide bonds. The highest BCUT2D eigenvalue weighted by Gasteiger charge is 2.34. The molecule has 3 aromatic carbocycles. The molecule has 168 valence electrons. The standard InChI is InChI=1S/C24H16ClF3N2O2S/c25-19-7-3-1-5-16(19)14-32-17-11-9-15(10-12-17)13-21-22(31)30-23(33-21)29-20-8-4-2-6-18(20)24(26,27)28/h1-13H,14H2,(H,29,30,31). The van der Waals surface area contributed by atoms with Crippen molar-refractivity contribution in [2.45, 2.75) is 12.8 Å². The SMILES string of the molecule is O=C1NC(=Nc2ccccc2C(F)(F)F)SC1=Cc1ccc(OCc2ccccc2Cl)cc1. The number of hydrogen-bond acceptors (Lipinski definition) is 4. The minimum absolute atomic E-state index is 0.0858. The third-order valence-corrected chi connectivity index (χ3v) is 5.89. The van der Waals surface area contributed by atoms with Gasteiger partial charge in [0.1, 0.15) is 12.4 Å². The summed E-state index contributed by atoms with van der Waals surface area (Å²) in [5.74, 6) is 0.203. The number of nitrogens with zero attached hydrogens (tertiary/aromatic N) is 1. The molecule has 0 radical (unpaired) electrons. The average Bonchev–Trinajstić information content (AvgIpc) is 3.12. The molecule has 1 saturated heterocycles. The van der Waals surface area contributed by atoms with Gasteiger partial charge < -0.3 is 10.1 Å². The van der Waals surface area contributed by atoms with Gasteiger partial charge in [0.15, 0.2) is 5.17 Å². The van der Waals surface area contributed by atoms with Crippen LogP contribution >= 0.6 is 23.4 Å². The maximum atomic E-state index is 13.2. The quantitative estimate of drug-likeness (QED) is 0.400. The molecule has 0 atom stereocenters. The predicted molar refractivity (Wildman–Crippen MR) is 124 cm³/mol. The number of alkyl halides is 3. The molecule has 1 aliphatic rings. The van der Waals surface area contributed by atoms with Gasteiger partial charge >= 0.3 is 6.18 Å². The number of aliphatic imine (C=N–C) groups is 1. The number of halogens is 4. The fraction of sp³-hybridized carbons (Fsp3) is 0.0833. The van der Waals surface area contributed by atoms with Crippen molar-refractivity contribution in [1.29, 1.82) is 0 Å². The van der Waals surface area contributed by atoms with Crippen molar-refractivity contribution >= 4 is 46.2 Å². The maximum absolute atomic E-state index is 13.2. The van der Waals surface area contributed by atoms with E-state index in [1.165, 1.54) is 18.2 Å². The highest BCUT2D eigenvalue weighted by atomic mass is 35.5. The van der Waals surface area contributed by atoms with Crippen LogP contribution in [-0.4, -0.2) is 11.1 Å². The highest BCUT2D eigenvalue weighted by molar-refractivity contribution is 8.18. The monoisotopic (exact) mass is 488 g/mol. The van der Waals surface area contributed by atoms with Gasteiger partial charge in [0, 0.05) is 10.6 Å². The minimum atomic E-state index is -4.54. The number of rotatable bonds is 5. The average molecular weight is 489 g/mol. The smallest absolute Gasteiger partial charge is 0.418 e. The van der Waals surface area contributed by atoms with E-state index < -0.39 is 17.6 Å². The van der Waals surface area contributed by atoms with Crippen molar-refractivity contribution in [3.8, 4) is 5.75 Å². The van der Waals surface area contributed by atoms with Crippen molar-refractivity contribution in [1.82, 2.24) is 5.32 Å². The van der Waals surface area contributed by atoms with Crippen LogP contribution in [-0.2, 0) is 17.6 Å². The molecule has 0 bridgehead atoms. The van der Waals surface area contributed by atoms with Crippen molar-refractivity contribution < 1.29 is 22.7 Å². The Morgan fingerprint density at radius 2 is 1.70 bits per heavy atom. The topological polar surface area (TPSA) is 50.7 Å². The van der Waals surface area contributed by atoms with Gasteiger partial charge in [-0.2, -0.15) is 13.2 Å². The van der Waals surface area contributed by atoms with Crippen molar-refractivity contribution in [2.24, 2.45) is 4.99 Å². The van der Waals surface area contributed by atoms with E-state index in [-0.39, 0.29) is 10.9 Å². The molecule has 33 heavy (non-hydrogen) atoms. The molecule has 0 unspecified atom stereocenters. The lowest BCUT2D eigenvalue weighted by Crippen LogP contribution is -2.19. The molecule has 3 aromatic rings. The van der Waals surface area contributed by atoms with Crippen molar-refractivity contribution in [2.75, 3.05) is 0 Å². The van der Waals surface area contributed by atoms with Crippen LogP contribution in [0.4, 0.5) is 18.9 Å². The first-order valence-corrected chi connectivity index (χ1v) is 10.9. The summed E-state index contributed by atoms with van der Waals surface area (Å²) in [7, 11) is 0. The van der Waals surface area contributed by atoms with Gasteiger partial charge in [-0.1, -0.05) is 54.1 Å². The largest absolute Gasteiger partial charge is 0.489 e. The molecule has 0 saturated carbocycles. The zero-order valence-electron chi connectivity index (χ0n) is 16.9. The summed E-state index contributed by atoms with van der Waals surface area (Å²) in [6.45, 7) is 0.317. The normalized spacial score (nSPS) is 16.3. The summed E-state index contributed by atoms with van der Waals surface area (Å²) in [6, 6.07) is 19.4.